The maximum atomic E-state index is 9.95. The summed E-state index contributed by atoms with van der Waals surface area (Å²) in [6.45, 7) is 0.583. The van der Waals surface area contributed by atoms with E-state index in [2.05, 4.69) is 0 Å². The molecule has 3 aliphatic rings. The van der Waals surface area contributed by atoms with Gasteiger partial charge in [-0.15, -0.1) is 0 Å². The molecule has 3 aliphatic heterocycles. The highest BCUT2D eigenvalue weighted by Crippen LogP contribution is 2.56. The van der Waals surface area contributed by atoms with Crippen LogP contribution in [0.2, 0.25) is 0 Å². The minimum absolute atomic E-state index is 0.0148. The number of fused-ring (bicyclic) bond motifs is 6. The van der Waals surface area contributed by atoms with Crippen LogP contribution in [0.3, 0.4) is 0 Å². The van der Waals surface area contributed by atoms with Gasteiger partial charge in [0.15, 0.2) is 23.0 Å². The Kier molecular flexibility index (Phi) is 2.11. The van der Waals surface area contributed by atoms with Gasteiger partial charge in [-0.1, -0.05) is 0 Å². The average molecular weight is 300 g/mol. The molecule has 0 bridgehead atoms. The Bertz CT molecular complexity index is 800. The second-order valence-electron chi connectivity index (χ2n) is 5.55. The van der Waals surface area contributed by atoms with E-state index in [1.807, 2.05) is 12.1 Å². The molecule has 0 radical (unpaired) electrons. The second-order valence-corrected chi connectivity index (χ2v) is 5.55. The number of rotatable bonds is 0. The van der Waals surface area contributed by atoms with Crippen LogP contribution >= 0.6 is 0 Å². The van der Waals surface area contributed by atoms with Crippen molar-refractivity contribution < 1.29 is 29.2 Å². The molecular weight excluding hydrogens is 288 g/mol. The number of phenols is 2. The van der Waals surface area contributed by atoms with Gasteiger partial charge in [0, 0.05) is 17.2 Å². The molecule has 2 aromatic rings. The van der Waals surface area contributed by atoms with E-state index in [0.29, 0.717) is 18.1 Å². The van der Waals surface area contributed by atoms with E-state index in [4.69, 9.17) is 18.9 Å². The van der Waals surface area contributed by atoms with Gasteiger partial charge in [-0.2, -0.15) is 0 Å². The van der Waals surface area contributed by atoms with Crippen molar-refractivity contribution in [2.45, 2.75) is 12.0 Å². The Labute approximate surface area is 125 Å². The number of benzene rings is 2. The first-order valence-corrected chi connectivity index (χ1v) is 7.00. The molecule has 0 amide bonds. The van der Waals surface area contributed by atoms with Crippen LogP contribution in [0.4, 0.5) is 0 Å². The summed E-state index contributed by atoms with van der Waals surface area (Å²) < 4.78 is 22.5. The minimum Gasteiger partial charge on any atom is -0.504 e. The van der Waals surface area contributed by atoms with Crippen LogP contribution in [0.25, 0.3) is 0 Å². The van der Waals surface area contributed by atoms with Gasteiger partial charge < -0.3 is 29.2 Å². The van der Waals surface area contributed by atoms with Gasteiger partial charge in [-0.3, -0.25) is 0 Å². The Balaban J connectivity index is 1.63. The highest BCUT2D eigenvalue weighted by Gasteiger charge is 2.43. The maximum absolute atomic E-state index is 9.95. The summed E-state index contributed by atoms with van der Waals surface area (Å²) in [5, 5.41) is 19.5. The standard InChI is InChI=1S/C16H12O6/c17-10-2-1-7-15-9(5-19-16(7)14(10)18)8-3-12-13(21-6-20-12)4-11(8)22-15/h1-4,9,15,17-18H,5-6H2/t9-,15-/m0/s1. The Morgan fingerprint density at radius 2 is 1.73 bits per heavy atom. The summed E-state index contributed by atoms with van der Waals surface area (Å²) in [5.74, 6) is 1.98. The number of hydrogen-bond acceptors (Lipinski definition) is 6. The van der Waals surface area contributed by atoms with Crippen LogP contribution in [0.1, 0.15) is 23.1 Å². The molecule has 0 aromatic heterocycles. The van der Waals surface area contributed by atoms with Crippen molar-refractivity contribution in [3.63, 3.8) is 0 Å². The van der Waals surface area contributed by atoms with Gasteiger partial charge in [0.2, 0.25) is 12.5 Å². The predicted molar refractivity (Wildman–Crippen MR) is 73.9 cm³/mol. The normalized spacial score (nSPS) is 23.1. The third-order valence-electron chi connectivity index (χ3n) is 4.38. The van der Waals surface area contributed by atoms with Crippen molar-refractivity contribution in [2.24, 2.45) is 0 Å². The third-order valence-corrected chi connectivity index (χ3v) is 4.38. The van der Waals surface area contributed by atoms with Gasteiger partial charge in [0.25, 0.3) is 0 Å². The molecule has 2 N–H and O–H groups in total. The van der Waals surface area contributed by atoms with Gasteiger partial charge in [0.1, 0.15) is 11.9 Å². The number of phenolic OH excluding ortho intramolecular Hbond substituents is 2. The van der Waals surface area contributed by atoms with Gasteiger partial charge in [-0.25, -0.2) is 0 Å². The minimum atomic E-state index is -0.257. The van der Waals surface area contributed by atoms with Crippen LogP contribution in [0.15, 0.2) is 24.3 Å². The molecule has 0 unspecified atom stereocenters. The number of ether oxygens (including phenoxy) is 4. The molecule has 0 spiro atoms. The Morgan fingerprint density at radius 1 is 0.909 bits per heavy atom. The van der Waals surface area contributed by atoms with Crippen LogP contribution in [-0.4, -0.2) is 23.6 Å². The molecule has 0 fully saturated rings. The Hall–Kier alpha value is -2.76. The Morgan fingerprint density at radius 3 is 2.59 bits per heavy atom. The van der Waals surface area contributed by atoms with Crippen LogP contribution in [-0.2, 0) is 0 Å². The fraction of sp³-hybridized carbons (Fsp3) is 0.250. The number of aromatic hydroxyl groups is 2. The monoisotopic (exact) mass is 300 g/mol. The summed E-state index contributed by atoms with van der Waals surface area (Å²) in [7, 11) is 0. The quantitative estimate of drug-likeness (QED) is 0.728. The zero-order valence-corrected chi connectivity index (χ0v) is 11.4. The van der Waals surface area contributed by atoms with E-state index in [1.54, 1.807) is 6.07 Å². The van der Waals surface area contributed by atoms with Crippen molar-refractivity contribution >= 4 is 0 Å². The lowest BCUT2D eigenvalue weighted by Gasteiger charge is -2.28. The molecule has 0 saturated carbocycles. The molecule has 2 atom stereocenters. The fourth-order valence-electron chi connectivity index (χ4n) is 3.30. The summed E-state index contributed by atoms with van der Waals surface area (Å²) in [5.41, 5.74) is 1.73. The molecule has 112 valence electrons. The lowest BCUT2D eigenvalue weighted by molar-refractivity contribution is 0.134. The maximum Gasteiger partial charge on any atom is 0.231 e. The van der Waals surface area contributed by atoms with Crippen LogP contribution < -0.4 is 18.9 Å². The van der Waals surface area contributed by atoms with Crippen molar-refractivity contribution in [3.05, 3.63) is 35.4 Å². The van der Waals surface area contributed by atoms with E-state index < -0.39 is 0 Å². The second kappa shape index (κ2) is 3.91. The highest BCUT2D eigenvalue weighted by molar-refractivity contribution is 5.60. The summed E-state index contributed by atoms with van der Waals surface area (Å²) in [4.78, 5) is 0. The fourth-order valence-corrected chi connectivity index (χ4v) is 3.30. The van der Waals surface area contributed by atoms with E-state index in [-0.39, 0.29) is 36.1 Å². The molecule has 5 rings (SSSR count). The zero-order chi connectivity index (χ0) is 14.8. The lowest BCUT2D eigenvalue weighted by atomic mass is 9.89. The first-order valence-electron chi connectivity index (χ1n) is 7.00. The number of hydrogen-bond donors (Lipinski definition) is 2. The molecule has 2 aromatic carbocycles. The molecule has 0 aliphatic carbocycles. The first kappa shape index (κ1) is 11.9. The van der Waals surface area contributed by atoms with E-state index in [0.717, 1.165) is 16.9 Å². The largest absolute Gasteiger partial charge is 0.504 e. The van der Waals surface area contributed by atoms with Crippen molar-refractivity contribution in [3.8, 4) is 34.5 Å². The average Bonchev–Trinajstić information content (AvgIpc) is 3.11. The summed E-state index contributed by atoms with van der Waals surface area (Å²) in [6.07, 6.45) is -0.257. The van der Waals surface area contributed by atoms with Crippen LogP contribution in [0.5, 0.6) is 34.5 Å². The van der Waals surface area contributed by atoms with E-state index >= 15 is 0 Å². The van der Waals surface area contributed by atoms with Gasteiger partial charge >= 0.3 is 0 Å². The molecule has 6 heteroatoms. The molecule has 22 heavy (non-hydrogen) atoms. The molecule has 3 heterocycles. The van der Waals surface area contributed by atoms with Gasteiger partial charge in [-0.05, 0) is 18.2 Å². The van der Waals surface area contributed by atoms with E-state index in [9.17, 15) is 10.2 Å². The first-order chi connectivity index (χ1) is 10.7. The third kappa shape index (κ3) is 1.39. The van der Waals surface area contributed by atoms with Crippen molar-refractivity contribution in [2.75, 3.05) is 13.4 Å². The predicted octanol–water partition coefficient (Wildman–Crippen LogP) is 2.44. The van der Waals surface area contributed by atoms with Crippen molar-refractivity contribution in [1.82, 2.24) is 0 Å². The summed E-state index contributed by atoms with van der Waals surface area (Å²) >= 11 is 0. The van der Waals surface area contributed by atoms with Crippen LogP contribution in [0, 0.1) is 0 Å². The molecule has 6 nitrogen and oxygen atoms in total. The molecule has 0 saturated heterocycles. The summed E-state index contributed by atoms with van der Waals surface area (Å²) in [6, 6.07) is 6.92. The van der Waals surface area contributed by atoms with Crippen molar-refractivity contribution in [1.29, 1.82) is 0 Å². The molecular formula is C16H12O6. The smallest absolute Gasteiger partial charge is 0.231 e. The lowest BCUT2D eigenvalue weighted by Crippen LogP contribution is -2.23. The van der Waals surface area contributed by atoms with E-state index in [1.165, 1.54) is 6.07 Å². The SMILES string of the molecule is Oc1ccc2c(c1O)OC[C@H]1c3cc4c(cc3O[C@@H]21)OCO4. The van der Waals surface area contributed by atoms with Gasteiger partial charge in [0.05, 0.1) is 12.5 Å². The zero-order valence-electron chi connectivity index (χ0n) is 11.4. The topological polar surface area (TPSA) is 77.4 Å². The highest BCUT2D eigenvalue weighted by atomic mass is 16.7.